The maximum atomic E-state index is 12.6. The minimum absolute atomic E-state index is 0.0263. The van der Waals surface area contributed by atoms with Gasteiger partial charge in [-0.1, -0.05) is 23.2 Å². The highest BCUT2D eigenvalue weighted by molar-refractivity contribution is 7.89. The van der Waals surface area contributed by atoms with Gasteiger partial charge in [0.15, 0.2) is 0 Å². The van der Waals surface area contributed by atoms with E-state index in [1.807, 2.05) is 4.90 Å². The summed E-state index contributed by atoms with van der Waals surface area (Å²) >= 11 is 11.8. The second-order valence-corrected chi connectivity index (χ2v) is 7.57. The van der Waals surface area contributed by atoms with E-state index in [0.717, 1.165) is 0 Å². The molecule has 0 amide bonds. The van der Waals surface area contributed by atoms with Crippen LogP contribution in [0.2, 0.25) is 10.0 Å². The summed E-state index contributed by atoms with van der Waals surface area (Å²) in [6, 6.07) is 6.33. The largest absolute Gasteiger partial charge is 0.286 e. The van der Waals surface area contributed by atoms with E-state index in [2.05, 4.69) is 6.07 Å². The van der Waals surface area contributed by atoms with E-state index in [1.54, 1.807) is 13.0 Å². The highest BCUT2D eigenvalue weighted by atomic mass is 35.5. The number of piperazine rings is 1. The average Bonchev–Trinajstić information content (AvgIpc) is 2.49. The number of nitriles is 1. The van der Waals surface area contributed by atoms with Crippen molar-refractivity contribution in [2.24, 2.45) is 0 Å². The Balaban J connectivity index is 2.19. The van der Waals surface area contributed by atoms with Gasteiger partial charge in [-0.05, 0) is 25.1 Å². The van der Waals surface area contributed by atoms with Crippen LogP contribution < -0.4 is 0 Å². The summed E-state index contributed by atoms with van der Waals surface area (Å²) in [5.41, 5.74) is 0. The number of sulfonamides is 1. The van der Waals surface area contributed by atoms with Crippen molar-refractivity contribution in [2.45, 2.75) is 17.9 Å². The SMILES string of the molecule is C[C@@H](C#N)N1CCN(S(=O)(=O)c2cc(Cl)ccc2Cl)CC1. The van der Waals surface area contributed by atoms with Crippen molar-refractivity contribution < 1.29 is 8.42 Å². The first-order valence-corrected chi connectivity index (χ1v) is 8.64. The number of benzene rings is 1. The Bertz CT molecular complexity index is 664. The van der Waals surface area contributed by atoms with Crippen LogP contribution in [0.4, 0.5) is 0 Å². The average molecular weight is 348 g/mol. The van der Waals surface area contributed by atoms with Gasteiger partial charge in [0.25, 0.3) is 0 Å². The fourth-order valence-corrected chi connectivity index (χ4v) is 4.39. The molecule has 0 bridgehead atoms. The topological polar surface area (TPSA) is 64.4 Å². The van der Waals surface area contributed by atoms with E-state index in [4.69, 9.17) is 28.5 Å². The maximum absolute atomic E-state index is 12.6. The zero-order chi connectivity index (χ0) is 15.6. The lowest BCUT2D eigenvalue weighted by molar-refractivity contribution is 0.169. The molecule has 1 atom stereocenters. The monoisotopic (exact) mass is 347 g/mol. The van der Waals surface area contributed by atoms with Crippen molar-refractivity contribution >= 4 is 33.2 Å². The molecule has 1 aromatic carbocycles. The van der Waals surface area contributed by atoms with Crippen molar-refractivity contribution in [3.63, 3.8) is 0 Å². The smallest absolute Gasteiger partial charge is 0.244 e. The molecule has 1 saturated heterocycles. The minimum Gasteiger partial charge on any atom is -0.286 e. The summed E-state index contributed by atoms with van der Waals surface area (Å²) in [4.78, 5) is 1.98. The highest BCUT2D eigenvalue weighted by Crippen LogP contribution is 2.28. The molecule has 1 aromatic rings. The Labute approximate surface area is 134 Å². The van der Waals surface area contributed by atoms with Crippen LogP contribution in [0.3, 0.4) is 0 Å². The van der Waals surface area contributed by atoms with Crippen molar-refractivity contribution in [3.8, 4) is 6.07 Å². The molecule has 0 saturated carbocycles. The third-order valence-electron chi connectivity index (χ3n) is 3.52. The van der Waals surface area contributed by atoms with Crippen LogP contribution in [-0.2, 0) is 10.0 Å². The van der Waals surface area contributed by atoms with Crippen molar-refractivity contribution in [2.75, 3.05) is 26.2 Å². The molecule has 1 heterocycles. The van der Waals surface area contributed by atoms with Crippen LogP contribution in [0.25, 0.3) is 0 Å². The summed E-state index contributed by atoms with van der Waals surface area (Å²) in [5, 5.41) is 9.39. The van der Waals surface area contributed by atoms with Crippen molar-refractivity contribution in [1.29, 1.82) is 5.26 Å². The van der Waals surface area contributed by atoms with Crippen molar-refractivity contribution in [1.82, 2.24) is 9.21 Å². The molecule has 2 rings (SSSR count). The Morgan fingerprint density at radius 3 is 2.43 bits per heavy atom. The predicted octanol–water partition coefficient (Wildman–Crippen LogP) is 2.21. The first-order valence-electron chi connectivity index (χ1n) is 6.45. The first-order chi connectivity index (χ1) is 9.86. The quantitative estimate of drug-likeness (QED) is 0.840. The molecule has 0 unspecified atom stereocenters. The molecule has 1 aliphatic rings. The van der Waals surface area contributed by atoms with E-state index in [0.29, 0.717) is 31.2 Å². The van der Waals surface area contributed by atoms with Gasteiger partial charge in [-0.3, -0.25) is 4.90 Å². The van der Waals surface area contributed by atoms with Crippen molar-refractivity contribution in [3.05, 3.63) is 28.2 Å². The van der Waals surface area contributed by atoms with E-state index < -0.39 is 10.0 Å². The summed E-state index contributed by atoms with van der Waals surface area (Å²) in [6.45, 7) is 3.50. The molecule has 0 spiro atoms. The molecular formula is C13H15Cl2N3O2S. The highest BCUT2D eigenvalue weighted by Gasteiger charge is 2.31. The van der Waals surface area contributed by atoms with E-state index in [9.17, 15) is 8.42 Å². The lowest BCUT2D eigenvalue weighted by Crippen LogP contribution is -2.50. The predicted molar refractivity (Wildman–Crippen MR) is 81.9 cm³/mol. The van der Waals surface area contributed by atoms with Crippen LogP contribution in [-0.4, -0.2) is 49.8 Å². The first kappa shape index (κ1) is 16.5. The fraction of sp³-hybridized carbons (Fsp3) is 0.462. The van der Waals surface area contributed by atoms with Gasteiger partial charge in [-0.25, -0.2) is 8.42 Å². The third-order valence-corrected chi connectivity index (χ3v) is 6.13. The van der Waals surface area contributed by atoms with Crippen LogP contribution in [0.5, 0.6) is 0 Å². The van der Waals surface area contributed by atoms with E-state index >= 15 is 0 Å². The molecular weight excluding hydrogens is 333 g/mol. The summed E-state index contributed by atoms with van der Waals surface area (Å²) < 4.78 is 26.6. The minimum atomic E-state index is -3.66. The summed E-state index contributed by atoms with van der Waals surface area (Å²) in [7, 11) is -3.66. The lowest BCUT2D eigenvalue weighted by Gasteiger charge is -2.35. The van der Waals surface area contributed by atoms with Crippen LogP contribution in [0.1, 0.15) is 6.92 Å². The van der Waals surface area contributed by atoms with E-state index in [-0.39, 0.29) is 16.0 Å². The standard InChI is InChI=1S/C13H15Cl2N3O2S/c1-10(9-16)17-4-6-18(7-5-17)21(19,20)13-8-11(14)2-3-12(13)15/h2-3,8,10H,4-7H2,1H3/t10-/m0/s1. The van der Waals surface area contributed by atoms with Crippen LogP contribution in [0.15, 0.2) is 23.1 Å². The lowest BCUT2D eigenvalue weighted by atomic mass is 10.2. The Morgan fingerprint density at radius 2 is 1.86 bits per heavy atom. The van der Waals surface area contributed by atoms with Crippen LogP contribution in [0, 0.1) is 11.3 Å². The van der Waals surface area contributed by atoms with Gasteiger partial charge in [0, 0.05) is 31.2 Å². The molecule has 0 radical (unpaired) electrons. The maximum Gasteiger partial charge on any atom is 0.244 e. The molecule has 8 heteroatoms. The fourth-order valence-electron chi connectivity index (χ4n) is 2.23. The summed E-state index contributed by atoms with van der Waals surface area (Å²) in [6.07, 6.45) is 0. The molecule has 0 aliphatic carbocycles. The number of hydrogen-bond donors (Lipinski definition) is 0. The molecule has 21 heavy (non-hydrogen) atoms. The number of hydrogen-bond acceptors (Lipinski definition) is 4. The van der Waals surface area contributed by atoms with Gasteiger partial charge >= 0.3 is 0 Å². The van der Waals surface area contributed by atoms with Gasteiger partial charge in [0.1, 0.15) is 4.90 Å². The molecule has 1 fully saturated rings. The second-order valence-electron chi connectivity index (χ2n) is 4.82. The normalized spacial score (nSPS) is 19.1. The molecule has 0 aromatic heterocycles. The van der Waals surface area contributed by atoms with Gasteiger partial charge < -0.3 is 0 Å². The Hall–Kier alpha value is -0.840. The number of halogens is 2. The summed E-state index contributed by atoms with van der Waals surface area (Å²) in [5.74, 6) is 0. The molecule has 114 valence electrons. The Kier molecular flexibility index (Phi) is 5.12. The molecule has 1 aliphatic heterocycles. The van der Waals surface area contributed by atoms with Gasteiger partial charge in [0.2, 0.25) is 10.0 Å². The number of nitrogens with zero attached hydrogens (tertiary/aromatic N) is 3. The van der Waals surface area contributed by atoms with Gasteiger partial charge in [0.05, 0.1) is 17.1 Å². The zero-order valence-corrected chi connectivity index (χ0v) is 13.8. The van der Waals surface area contributed by atoms with Gasteiger partial charge in [-0.15, -0.1) is 0 Å². The van der Waals surface area contributed by atoms with E-state index in [1.165, 1.54) is 16.4 Å². The zero-order valence-electron chi connectivity index (χ0n) is 11.5. The molecule has 5 nitrogen and oxygen atoms in total. The third kappa shape index (κ3) is 3.50. The molecule has 0 N–H and O–H groups in total. The Morgan fingerprint density at radius 1 is 1.24 bits per heavy atom. The van der Waals surface area contributed by atoms with Crippen LogP contribution >= 0.6 is 23.2 Å². The van der Waals surface area contributed by atoms with Gasteiger partial charge in [-0.2, -0.15) is 9.57 Å². The number of rotatable bonds is 3. The second kappa shape index (κ2) is 6.51.